The smallest absolute Gasteiger partial charge is 0.213 e. The Morgan fingerprint density at radius 2 is 2.33 bits per heavy atom. The molecule has 0 fully saturated rings. The van der Waals surface area contributed by atoms with Gasteiger partial charge in [0.15, 0.2) is 5.84 Å². The van der Waals surface area contributed by atoms with Crippen LogP contribution >= 0.6 is 27.7 Å². The summed E-state index contributed by atoms with van der Waals surface area (Å²) < 4.78 is 2.28. The van der Waals surface area contributed by atoms with Crippen LogP contribution in [-0.2, 0) is 7.05 Å². The molecule has 0 aliphatic rings. The van der Waals surface area contributed by atoms with Gasteiger partial charge in [-0.2, -0.15) is 0 Å². The molecular formula is C9H9BrN6OS. The molecule has 0 atom stereocenters. The second-order valence-electron chi connectivity index (χ2n) is 3.29. The molecule has 9 heteroatoms. The minimum absolute atomic E-state index is 0.0279. The Morgan fingerprint density at radius 1 is 1.56 bits per heavy atom. The number of aryl methyl sites for hydroxylation is 1. The lowest BCUT2D eigenvalue weighted by Gasteiger charge is -2.08. The number of hydrogen-bond acceptors (Lipinski definition) is 6. The standard InChI is InChI=1S/C9H9BrN6OS/c1-16-9(12-14-15-16)18-6-4-2-3-5(10)7(6)8(11)13-17/h2-4,17H,1H3,(H2,11,13). The van der Waals surface area contributed by atoms with E-state index in [-0.39, 0.29) is 5.84 Å². The van der Waals surface area contributed by atoms with Crippen molar-refractivity contribution in [3.05, 3.63) is 28.2 Å². The van der Waals surface area contributed by atoms with Crippen LogP contribution in [0.1, 0.15) is 5.56 Å². The van der Waals surface area contributed by atoms with Gasteiger partial charge in [-0.15, -0.1) is 5.10 Å². The van der Waals surface area contributed by atoms with Crippen LogP contribution in [0.5, 0.6) is 0 Å². The van der Waals surface area contributed by atoms with Gasteiger partial charge in [-0.3, -0.25) is 0 Å². The first-order chi connectivity index (χ1) is 8.63. The summed E-state index contributed by atoms with van der Waals surface area (Å²) in [6.45, 7) is 0. The molecule has 1 aromatic carbocycles. The lowest BCUT2D eigenvalue weighted by atomic mass is 10.2. The Bertz CT molecular complexity index is 598. The number of aromatic nitrogens is 4. The van der Waals surface area contributed by atoms with Crippen LogP contribution < -0.4 is 5.73 Å². The maximum atomic E-state index is 8.81. The van der Waals surface area contributed by atoms with Crippen molar-refractivity contribution in [3.63, 3.8) is 0 Å². The fraction of sp³-hybridized carbons (Fsp3) is 0.111. The maximum absolute atomic E-state index is 8.81. The molecule has 0 radical (unpaired) electrons. The third-order valence-corrected chi connectivity index (χ3v) is 3.87. The molecule has 2 aromatic rings. The SMILES string of the molecule is Cn1nnnc1Sc1cccc(Br)c1/C(N)=N/O. The highest BCUT2D eigenvalue weighted by molar-refractivity contribution is 9.10. The molecule has 0 bridgehead atoms. The minimum atomic E-state index is 0.0279. The summed E-state index contributed by atoms with van der Waals surface area (Å²) in [6, 6.07) is 5.51. The van der Waals surface area contributed by atoms with Crippen molar-refractivity contribution < 1.29 is 5.21 Å². The molecule has 0 aliphatic heterocycles. The van der Waals surface area contributed by atoms with E-state index in [0.29, 0.717) is 10.7 Å². The van der Waals surface area contributed by atoms with Gasteiger partial charge in [-0.25, -0.2) is 4.68 Å². The Labute approximate surface area is 115 Å². The molecule has 7 nitrogen and oxygen atoms in total. The van der Waals surface area contributed by atoms with Gasteiger partial charge < -0.3 is 10.9 Å². The fourth-order valence-corrected chi connectivity index (χ4v) is 2.90. The van der Waals surface area contributed by atoms with Crippen LogP contribution in [0.2, 0.25) is 0 Å². The van der Waals surface area contributed by atoms with Gasteiger partial charge in [0.2, 0.25) is 5.16 Å². The normalized spacial score (nSPS) is 11.8. The number of halogens is 1. The molecule has 2 rings (SSSR count). The Balaban J connectivity index is 2.45. The molecule has 0 saturated carbocycles. The molecule has 0 unspecified atom stereocenters. The van der Waals surface area contributed by atoms with Crippen LogP contribution in [0.15, 0.2) is 37.9 Å². The second-order valence-corrected chi connectivity index (χ2v) is 5.15. The predicted octanol–water partition coefficient (Wildman–Crippen LogP) is 1.22. The molecule has 1 heterocycles. The van der Waals surface area contributed by atoms with E-state index < -0.39 is 0 Å². The second kappa shape index (κ2) is 5.36. The van der Waals surface area contributed by atoms with E-state index in [2.05, 4.69) is 36.6 Å². The zero-order chi connectivity index (χ0) is 13.1. The molecule has 0 saturated heterocycles. The van der Waals surface area contributed by atoms with Crippen LogP contribution in [0.4, 0.5) is 0 Å². The summed E-state index contributed by atoms with van der Waals surface area (Å²) in [7, 11) is 1.74. The summed E-state index contributed by atoms with van der Waals surface area (Å²) in [6.07, 6.45) is 0. The summed E-state index contributed by atoms with van der Waals surface area (Å²) in [5.41, 5.74) is 6.27. The highest BCUT2D eigenvalue weighted by Gasteiger charge is 2.14. The molecular weight excluding hydrogens is 320 g/mol. The van der Waals surface area contributed by atoms with Crippen LogP contribution in [-0.4, -0.2) is 31.3 Å². The third kappa shape index (κ3) is 2.46. The Kier molecular flexibility index (Phi) is 3.82. The van der Waals surface area contributed by atoms with Gasteiger partial charge >= 0.3 is 0 Å². The first kappa shape index (κ1) is 12.8. The Morgan fingerprint density at radius 3 is 2.94 bits per heavy atom. The van der Waals surface area contributed by atoms with Gasteiger partial charge in [-0.1, -0.05) is 11.2 Å². The highest BCUT2D eigenvalue weighted by atomic mass is 79.9. The zero-order valence-electron chi connectivity index (χ0n) is 9.28. The summed E-state index contributed by atoms with van der Waals surface area (Å²) in [5, 5.41) is 23.6. The van der Waals surface area contributed by atoms with E-state index in [1.165, 1.54) is 11.8 Å². The van der Waals surface area contributed by atoms with Crippen molar-refractivity contribution in [1.29, 1.82) is 0 Å². The Hall–Kier alpha value is -1.61. The van der Waals surface area contributed by atoms with Crippen LogP contribution in [0.25, 0.3) is 0 Å². The van der Waals surface area contributed by atoms with E-state index >= 15 is 0 Å². The molecule has 3 N–H and O–H groups in total. The summed E-state index contributed by atoms with van der Waals surface area (Å²) in [4.78, 5) is 0.789. The van der Waals surface area contributed by atoms with E-state index in [1.807, 2.05) is 18.2 Å². The number of hydrogen-bond donors (Lipinski definition) is 2. The van der Waals surface area contributed by atoms with E-state index in [1.54, 1.807) is 11.7 Å². The number of amidine groups is 1. The first-order valence-electron chi connectivity index (χ1n) is 4.80. The number of nitrogens with zero attached hydrogens (tertiary/aromatic N) is 5. The van der Waals surface area contributed by atoms with Crippen molar-refractivity contribution in [3.8, 4) is 0 Å². The molecule has 1 aromatic heterocycles. The van der Waals surface area contributed by atoms with Crippen molar-refractivity contribution in [2.75, 3.05) is 0 Å². The van der Waals surface area contributed by atoms with Crippen molar-refractivity contribution in [1.82, 2.24) is 20.2 Å². The number of nitrogens with two attached hydrogens (primary N) is 1. The van der Waals surface area contributed by atoms with E-state index in [9.17, 15) is 0 Å². The lowest BCUT2D eigenvalue weighted by molar-refractivity contribution is 0.318. The number of rotatable bonds is 3. The number of tetrazole rings is 1. The fourth-order valence-electron chi connectivity index (χ4n) is 1.29. The average molecular weight is 329 g/mol. The molecule has 0 amide bonds. The minimum Gasteiger partial charge on any atom is -0.409 e. The van der Waals surface area contributed by atoms with Gasteiger partial charge in [0.1, 0.15) is 0 Å². The van der Waals surface area contributed by atoms with Crippen LogP contribution in [0, 0.1) is 0 Å². The van der Waals surface area contributed by atoms with Gasteiger partial charge in [0.05, 0.1) is 0 Å². The van der Waals surface area contributed by atoms with Gasteiger partial charge in [0.25, 0.3) is 0 Å². The topological polar surface area (TPSA) is 102 Å². The molecule has 18 heavy (non-hydrogen) atoms. The quantitative estimate of drug-likeness (QED) is 0.380. The summed E-state index contributed by atoms with van der Waals surface area (Å²) >= 11 is 4.70. The third-order valence-electron chi connectivity index (χ3n) is 2.12. The predicted molar refractivity (Wildman–Crippen MR) is 69.6 cm³/mol. The van der Waals surface area contributed by atoms with Crippen molar-refractivity contribution >= 4 is 33.5 Å². The molecule has 0 spiro atoms. The highest BCUT2D eigenvalue weighted by Crippen LogP contribution is 2.32. The first-order valence-corrected chi connectivity index (χ1v) is 6.41. The zero-order valence-corrected chi connectivity index (χ0v) is 11.7. The van der Waals surface area contributed by atoms with E-state index in [4.69, 9.17) is 10.9 Å². The largest absolute Gasteiger partial charge is 0.409 e. The van der Waals surface area contributed by atoms with Gasteiger partial charge in [0, 0.05) is 22.0 Å². The summed E-state index contributed by atoms with van der Waals surface area (Å²) in [5.74, 6) is 0.0279. The lowest BCUT2D eigenvalue weighted by Crippen LogP contribution is -2.15. The van der Waals surface area contributed by atoms with Gasteiger partial charge in [-0.05, 0) is 50.3 Å². The van der Waals surface area contributed by atoms with Crippen molar-refractivity contribution in [2.24, 2.45) is 17.9 Å². The van der Waals surface area contributed by atoms with E-state index in [0.717, 1.165) is 9.37 Å². The molecule has 94 valence electrons. The molecule has 0 aliphatic carbocycles. The maximum Gasteiger partial charge on any atom is 0.213 e. The number of benzene rings is 1. The number of oxime groups is 1. The monoisotopic (exact) mass is 328 g/mol. The average Bonchev–Trinajstić information content (AvgIpc) is 2.74. The van der Waals surface area contributed by atoms with Crippen molar-refractivity contribution in [2.45, 2.75) is 10.1 Å². The van der Waals surface area contributed by atoms with Crippen LogP contribution in [0.3, 0.4) is 0 Å².